The molecule has 0 saturated heterocycles. The molecule has 0 fully saturated rings. The van der Waals surface area contributed by atoms with Crippen molar-refractivity contribution >= 4 is 26.0 Å². The minimum absolute atomic E-state index is 0.230. The molecule has 0 aromatic heterocycles. The van der Waals surface area contributed by atoms with E-state index in [9.17, 15) is 13.5 Å². The average Bonchev–Trinajstić information content (AvgIpc) is 2.31. The first-order valence-corrected chi connectivity index (χ1v) is 8.08. The lowest BCUT2D eigenvalue weighted by Gasteiger charge is -2.11. The molecule has 6 heteroatoms. The molecule has 0 aliphatic carbocycles. The number of sulfonamides is 1. The van der Waals surface area contributed by atoms with Crippen LogP contribution in [-0.4, -0.2) is 26.2 Å². The van der Waals surface area contributed by atoms with Gasteiger partial charge in [-0.2, -0.15) is 0 Å². The lowest BCUT2D eigenvalue weighted by molar-refractivity contribution is 0.162. The van der Waals surface area contributed by atoms with Crippen molar-refractivity contribution in [2.75, 3.05) is 6.54 Å². The Labute approximate surface area is 117 Å². The third-order valence-corrected chi connectivity index (χ3v) is 5.07. The fourth-order valence-electron chi connectivity index (χ4n) is 1.46. The summed E-state index contributed by atoms with van der Waals surface area (Å²) in [5.74, 6) is 0. The molecule has 102 valence electrons. The van der Waals surface area contributed by atoms with Gasteiger partial charge in [-0.05, 0) is 53.4 Å². The maximum Gasteiger partial charge on any atom is 0.241 e. The van der Waals surface area contributed by atoms with Crippen molar-refractivity contribution in [2.45, 2.75) is 37.7 Å². The topological polar surface area (TPSA) is 66.4 Å². The second-order valence-corrected chi connectivity index (χ2v) is 6.77. The van der Waals surface area contributed by atoms with E-state index in [-0.39, 0.29) is 11.4 Å². The summed E-state index contributed by atoms with van der Waals surface area (Å²) < 4.78 is 27.1. The SMILES string of the molecule is CCC(O)CCNS(=O)(=O)c1cc(C)ccc1Br. The standard InChI is InChI=1S/C12H18BrNO3S/c1-3-10(15)6-7-14-18(16,17)12-8-9(2)4-5-11(12)13/h4-5,8,10,14-15H,3,6-7H2,1-2H3. The summed E-state index contributed by atoms with van der Waals surface area (Å²) >= 11 is 3.23. The third kappa shape index (κ3) is 4.35. The monoisotopic (exact) mass is 335 g/mol. The Hall–Kier alpha value is -0.430. The van der Waals surface area contributed by atoms with Crippen LogP contribution in [0.3, 0.4) is 0 Å². The van der Waals surface area contributed by atoms with E-state index >= 15 is 0 Å². The molecule has 0 aliphatic heterocycles. The molecule has 1 aromatic rings. The Morgan fingerprint density at radius 2 is 2.11 bits per heavy atom. The van der Waals surface area contributed by atoms with Crippen molar-refractivity contribution in [3.8, 4) is 0 Å². The van der Waals surface area contributed by atoms with E-state index in [4.69, 9.17) is 0 Å². The van der Waals surface area contributed by atoms with Gasteiger partial charge in [-0.1, -0.05) is 13.0 Å². The van der Waals surface area contributed by atoms with Crippen molar-refractivity contribution in [3.05, 3.63) is 28.2 Å². The Morgan fingerprint density at radius 1 is 1.44 bits per heavy atom. The number of aryl methyl sites for hydroxylation is 1. The van der Waals surface area contributed by atoms with Gasteiger partial charge in [0.2, 0.25) is 10.0 Å². The normalized spacial score (nSPS) is 13.6. The number of nitrogens with one attached hydrogen (secondary N) is 1. The molecule has 0 aliphatic rings. The maximum absolute atomic E-state index is 12.1. The number of benzene rings is 1. The average molecular weight is 336 g/mol. The first-order chi connectivity index (χ1) is 8.36. The molecule has 18 heavy (non-hydrogen) atoms. The Morgan fingerprint density at radius 3 is 2.72 bits per heavy atom. The molecule has 4 nitrogen and oxygen atoms in total. The second kappa shape index (κ2) is 6.65. The van der Waals surface area contributed by atoms with Gasteiger partial charge in [-0.25, -0.2) is 13.1 Å². The maximum atomic E-state index is 12.1. The molecule has 0 spiro atoms. The first-order valence-electron chi connectivity index (χ1n) is 5.80. The zero-order valence-corrected chi connectivity index (χ0v) is 12.9. The molecule has 0 heterocycles. The van der Waals surface area contributed by atoms with Gasteiger partial charge in [-0.3, -0.25) is 0 Å². The first kappa shape index (κ1) is 15.6. The van der Waals surface area contributed by atoms with Crippen molar-refractivity contribution < 1.29 is 13.5 Å². The number of hydrogen-bond donors (Lipinski definition) is 2. The molecule has 0 bridgehead atoms. The van der Waals surface area contributed by atoms with Crippen molar-refractivity contribution in [1.82, 2.24) is 4.72 Å². The summed E-state index contributed by atoms with van der Waals surface area (Å²) in [4.78, 5) is 0.230. The molecular formula is C12H18BrNO3S. The number of halogens is 1. The fraction of sp³-hybridized carbons (Fsp3) is 0.500. The molecule has 0 radical (unpaired) electrons. The lowest BCUT2D eigenvalue weighted by Crippen LogP contribution is -2.27. The van der Waals surface area contributed by atoms with Gasteiger partial charge in [0.1, 0.15) is 0 Å². The van der Waals surface area contributed by atoms with Crippen LogP contribution in [0.4, 0.5) is 0 Å². The van der Waals surface area contributed by atoms with Crippen LogP contribution in [0.2, 0.25) is 0 Å². The molecule has 2 N–H and O–H groups in total. The van der Waals surface area contributed by atoms with Crippen molar-refractivity contribution in [1.29, 1.82) is 0 Å². The van der Waals surface area contributed by atoms with E-state index < -0.39 is 16.1 Å². The van der Waals surface area contributed by atoms with Gasteiger partial charge in [0, 0.05) is 11.0 Å². The molecule has 0 amide bonds. The number of rotatable bonds is 6. The van der Waals surface area contributed by atoms with E-state index in [1.165, 1.54) is 0 Å². The Balaban J connectivity index is 2.77. The van der Waals surface area contributed by atoms with Gasteiger partial charge in [0.15, 0.2) is 0 Å². The second-order valence-electron chi connectivity index (χ2n) is 4.18. The van der Waals surface area contributed by atoms with E-state index in [0.29, 0.717) is 17.3 Å². The van der Waals surface area contributed by atoms with E-state index in [1.807, 2.05) is 19.9 Å². The van der Waals surface area contributed by atoms with Crippen LogP contribution in [-0.2, 0) is 10.0 Å². The van der Waals surface area contributed by atoms with Gasteiger partial charge in [0.25, 0.3) is 0 Å². The number of aliphatic hydroxyl groups excluding tert-OH is 1. The van der Waals surface area contributed by atoms with Crippen LogP contribution in [0.5, 0.6) is 0 Å². The quantitative estimate of drug-likeness (QED) is 0.837. The van der Waals surface area contributed by atoms with Gasteiger partial charge in [0.05, 0.1) is 11.0 Å². The van der Waals surface area contributed by atoms with Crippen molar-refractivity contribution in [2.24, 2.45) is 0 Å². The number of aliphatic hydroxyl groups is 1. The number of hydrogen-bond acceptors (Lipinski definition) is 3. The Kier molecular flexibility index (Phi) is 5.78. The summed E-state index contributed by atoms with van der Waals surface area (Å²) in [7, 11) is -3.53. The summed E-state index contributed by atoms with van der Waals surface area (Å²) in [6, 6.07) is 5.16. The smallest absolute Gasteiger partial charge is 0.241 e. The zero-order chi connectivity index (χ0) is 13.8. The fourth-order valence-corrected chi connectivity index (χ4v) is 3.55. The predicted molar refractivity (Wildman–Crippen MR) is 75.0 cm³/mol. The van der Waals surface area contributed by atoms with E-state index in [2.05, 4.69) is 20.7 Å². The predicted octanol–water partition coefficient (Wildman–Crippen LogP) is 2.20. The highest BCUT2D eigenvalue weighted by atomic mass is 79.9. The van der Waals surface area contributed by atoms with Gasteiger partial charge >= 0.3 is 0 Å². The van der Waals surface area contributed by atoms with E-state index in [0.717, 1.165) is 5.56 Å². The summed E-state index contributed by atoms with van der Waals surface area (Å²) in [6.07, 6.45) is 0.573. The highest BCUT2D eigenvalue weighted by Gasteiger charge is 2.17. The highest BCUT2D eigenvalue weighted by Crippen LogP contribution is 2.22. The Bertz CT molecular complexity index is 502. The van der Waals surface area contributed by atoms with Crippen LogP contribution in [0.1, 0.15) is 25.3 Å². The largest absolute Gasteiger partial charge is 0.393 e. The molecule has 0 saturated carbocycles. The molecule has 1 rings (SSSR count). The van der Waals surface area contributed by atoms with Crippen molar-refractivity contribution in [3.63, 3.8) is 0 Å². The molecular weight excluding hydrogens is 318 g/mol. The molecule has 1 unspecified atom stereocenters. The highest BCUT2D eigenvalue weighted by molar-refractivity contribution is 9.10. The van der Waals surface area contributed by atoms with Crippen LogP contribution >= 0.6 is 15.9 Å². The van der Waals surface area contributed by atoms with Crippen LogP contribution in [0.25, 0.3) is 0 Å². The minimum Gasteiger partial charge on any atom is -0.393 e. The van der Waals surface area contributed by atoms with Gasteiger partial charge < -0.3 is 5.11 Å². The third-order valence-electron chi connectivity index (χ3n) is 2.62. The van der Waals surface area contributed by atoms with Crippen LogP contribution in [0, 0.1) is 6.92 Å². The zero-order valence-electron chi connectivity index (χ0n) is 10.5. The molecule has 1 aromatic carbocycles. The van der Waals surface area contributed by atoms with Crippen LogP contribution in [0.15, 0.2) is 27.6 Å². The minimum atomic E-state index is -3.53. The summed E-state index contributed by atoms with van der Waals surface area (Å²) in [6.45, 7) is 3.93. The summed E-state index contributed by atoms with van der Waals surface area (Å²) in [5, 5.41) is 9.38. The van der Waals surface area contributed by atoms with Gasteiger partial charge in [-0.15, -0.1) is 0 Å². The summed E-state index contributed by atoms with van der Waals surface area (Å²) in [5.41, 5.74) is 0.882. The molecule has 1 atom stereocenters. The lowest BCUT2D eigenvalue weighted by atomic mass is 10.2. The van der Waals surface area contributed by atoms with Crippen LogP contribution < -0.4 is 4.72 Å². The van der Waals surface area contributed by atoms with E-state index in [1.54, 1.807) is 12.1 Å².